The summed E-state index contributed by atoms with van der Waals surface area (Å²) in [7, 11) is -0.958. The van der Waals surface area contributed by atoms with E-state index in [0.29, 0.717) is 38.4 Å². The number of nitrogens with zero attached hydrogens (tertiary/aromatic N) is 2. The van der Waals surface area contributed by atoms with Gasteiger partial charge in [-0.1, -0.05) is 48.0 Å². The second kappa shape index (κ2) is 11.0. The lowest BCUT2D eigenvalue weighted by Gasteiger charge is -2.20. The zero-order chi connectivity index (χ0) is 26.6. The maximum Gasteiger partial charge on any atom is 0.243 e. The number of ether oxygens (including phenoxy) is 1. The summed E-state index contributed by atoms with van der Waals surface area (Å²) in [5.74, 6) is 0.334. The van der Waals surface area contributed by atoms with Crippen molar-refractivity contribution in [3.8, 4) is 11.8 Å². The normalized spacial score (nSPS) is 11.3. The molecule has 0 heterocycles. The average Bonchev–Trinajstić information content (AvgIpc) is 2.89. The Hall–Kier alpha value is -3.90. The van der Waals surface area contributed by atoms with Crippen molar-refractivity contribution in [2.45, 2.75) is 17.9 Å². The molecule has 4 aromatic carbocycles. The van der Waals surface area contributed by atoms with Crippen LogP contribution < -0.4 is 10.1 Å². The molecule has 9 heteroatoms. The lowest BCUT2D eigenvalue weighted by molar-refractivity contribution is -0.115. The molecule has 0 atom stereocenters. The highest BCUT2D eigenvalue weighted by Crippen LogP contribution is 2.31. The van der Waals surface area contributed by atoms with Crippen LogP contribution in [0.15, 0.2) is 83.8 Å². The first-order valence-corrected chi connectivity index (χ1v) is 13.1. The van der Waals surface area contributed by atoms with Crippen LogP contribution in [-0.4, -0.2) is 32.8 Å². The quantitative estimate of drug-likeness (QED) is 0.328. The van der Waals surface area contributed by atoms with Gasteiger partial charge < -0.3 is 10.1 Å². The molecule has 0 spiro atoms. The summed E-state index contributed by atoms with van der Waals surface area (Å²) in [6.07, 6.45) is 0.0323. The van der Waals surface area contributed by atoms with Crippen molar-refractivity contribution in [2.75, 3.05) is 19.5 Å². The highest BCUT2D eigenvalue weighted by atomic mass is 35.5. The van der Waals surface area contributed by atoms with Crippen molar-refractivity contribution in [3.63, 3.8) is 0 Å². The van der Waals surface area contributed by atoms with Crippen LogP contribution in [0.1, 0.15) is 16.7 Å². The molecule has 0 unspecified atom stereocenters. The molecule has 1 N–H and O–H groups in total. The van der Waals surface area contributed by atoms with Crippen LogP contribution in [0.4, 0.5) is 5.69 Å². The number of benzene rings is 4. The van der Waals surface area contributed by atoms with Gasteiger partial charge in [0.15, 0.2) is 0 Å². The van der Waals surface area contributed by atoms with Crippen LogP contribution in [0.5, 0.6) is 5.75 Å². The number of nitrogens with one attached hydrogen (secondary N) is 1. The summed E-state index contributed by atoms with van der Waals surface area (Å²) in [5, 5.41) is 13.6. The van der Waals surface area contributed by atoms with Gasteiger partial charge in [-0.05, 0) is 59.0 Å². The van der Waals surface area contributed by atoms with Crippen molar-refractivity contribution in [2.24, 2.45) is 0 Å². The first-order valence-electron chi connectivity index (χ1n) is 11.3. The van der Waals surface area contributed by atoms with E-state index in [9.17, 15) is 18.5 Å². The number of carbonyl (C=O) groups excluding carboxylic acids is 1. The van der Waals surface area contributed by atoms with E-state index in [1.165, 1.54) is 17.4 Å². The highest BCUT2D eigenvalue weighted by molar-refractivity contribution is 7.89. The van der Waals surface area contributed by atoms with E-state index in [-0.39, 0.29) is 23.8 Å². The summed E-state index contributed by atoms with van der Waals surface area (Å²) in [5.41, 5.74) is 2.09. The maximum absolute atomic E-state index is 13.7. The molecule has 7 nitrogen and oxygen atoms in total. The third kappa shape index (κ3) is 5.92. The highest BCUT2D eigenvalue weighted by Gasteiger charge is 2.25. The van der Waals surface area contributed by atoms with Gasteiger partial charge in [-0.25, -0.2) is 8.42 Å². The van der Waals surface area contributed by atoms with Crippen LogP contribution >= 0.6 is 11.6 Å². The fourth-order valence-electron chi connectivity index (χ4n) is 3.94. The summed E-state index contributed by atoms with van der Waals surface area (Å²) < 4.78 is 33.9. The van der Waals surface area contributed by atoms with E-state index in [4.69, 9.17) is 16.3 Å². The second-order valence-electron chi connectivity index (χ2n) is 8.45. The summed E-state index contributed by atoms with van der Waals surface area (Å²) >= 11 is 6.18. The molecule has 188 valence electrons. The molecule has 0 saturated carbocycles. The van der Waals surface area contributed by atoms with E-state index in [0.717, 1.165) is 5.56 Å². The minimum Gasteiger partial charge on any atom is -0.497 e. The van der Waals surface area contributed by atoms with E-state index in [1.807, 2.05) is 0 Å². The Kier molecular flexibility index (Phi) is 7.79. The lowest BCUT2D eigenvalue weighted by atomic mass is 10.1. The van der Waals surface area contributed by atoms with Crippen LogP contribution in [0.2, 0.25) is 5.02 Å². The van der Waals surface area contributed by atoms with Crippen molar-refractivity contribution >= 4 is 44.0 Å². The van der Waals surface area contributed by atoms with Crippen LogP contribution in [0.25, 0.3) is 10.8 Å². The van der Waals surface area contributed by atoms with Crippen molar-refractivity contribution in [3.05, 3.63) is 101 Å². The fraction of sp³-hybridized carbons (Fsp3) is 0.143. The molecule has 4 rings (SSSR count). The molecule has 0 radical (unpaired) electrons. The summed E-state index contributed by atoms with van der Waals surface area (Å²) in [4.78, 5) is 12.8. The zero-order valence-electron chi connectivity index (χ0n) is 20.2. The number of amides is 1. The number of methoxy groups -OCH3 is 1. The number of nitriles is 1. The largest absolute Gasteiger partial charge is 0.497 e. The molecule has 0 aromatic heterocycles. The van der Waals surface area contributed by atoms with Gasteiger partial charge >= 0.3 is 0 Å². The third-order valence-corrected chi connectivity index (χ3v) is 8.10. The predicted octanol–water partition coefficient (Wildman–Crippen LogP) is 5.38. The van der Waals surface area contributed by atoms with Gasteiger partial charge in [-0.2, -0.15) is 9.57 Å². The maximum atomic E-state index is 13.7. The molecule has 4 aromatic rings. The van der Waals surface area contributed by atoms with Gasteiger partial charge in [0.25, 0.3) is 0 Å². The second-order valence-corrected chi connectivity index (χ2v) is 10.9. The van der Waals surface area contributed by atoms with E-state index >= 15 is 0 Å². The Morgan fingerprint density at radius 2 is 1.78 bits per heavy atom. The Labute approximate surface area is 220 Å². The van der Waals surface area contributed by atoms with Crippen molar-refractivity contribution < 1.29 is 17.9 Å². The molecule has 0 saturated heterocycles. The van der Waals surface area contributed by atoms with E-state index in [1.54, 1.807) is 79.9 Å². The van der Waals surface area contributed by atoms with Gasteiger partial charge in [0, 0.05) is 29.7 Å². The minimum atomic E-state index is -4.01. The molecule has 1 amide bonds. The number of halogens is 1. The molecular weight excluding hydrogens is 510 g/mol. The van der Waals surface area contributed by atoms with Gasteiger partial charge in [0.05, 0.1) is 30.1 Å². The summed E-state index contributed by atoms with van der Waals surface area (Å²) in [6.45, 7) is 0.120. The Morgan fingerprint density at radius 1 is 1.05 bits per heavy atom. The first-order chi connectivity index (χ1) is 17.7. The fourth-order valence-corrected chi connectivity index (χ4v) is 5.53. The third-order valence-electron chi connectivity index (χ3n) is 5.89. The number of carbonyl (C=O) groups is 1. The molecule has 0 aliphatic rings. The van der Waals surface area contributed by atoms with Crippen LogP contribution in [-0.2, 0) is 27.8 Å². The Balaban J connectivity index is 1.70. The number of rotatable bonds is 8. The van der Waals surface area contributed by atoms with Gasteiger partial charge in [-0.3, -0.25) is 4.79 Å². The Morgan fingerprint density at radius 3 is 2.46 bits per heavy atom. The number of fused-ring (bicyclic) bond motifs is 1. The molecule has 0 bridgehead atoms. The van der Waals surface area contributed by atoms with Crippen LogP contribution in [0, 0.1) is 11.3 Å². The molecule has 0 fully saturated rings. The Bertz CT molecular complexity index is 1610. The predicted molar refractivity (Wildman–Crippen MR) is 144 cm³/mol. The number of hydrogen-bond acceptors (Lipinski definition) is 5. The average molecular weight is 534 g/mol. The lowest BCUT2D eigenvalue weighted by Crippen LogP contribution is -2.27. The minimum absolute atomic E-state index is 0.00819. The molecule has 0 aliphatic heterocycles. The van der Waals surface area contributed by atoms with Crippen molar-refractivity contribution in [1.29, 1.82) is 5.26 Å². The zero-order valence-corrected chi connectivity index (χ0v) is 21.8. The van der Waals surface area contributed by atoms with Crippen LogP contribution in [0.3, 0.4) is 0 Å². The molecular formula is C28H24ClN3O4S. The smallest absolute Gasteiger partial charge is 0.243 e. The summed E-state index contributed by atoms with van der Waals surface area (Å²) in [6, 6.07) is 24.1. The molecule has 0 aliphatic carbocycles. The number of hydrogen-bond donors (Lipinski definition) is 1. The van der Waals surface area contributed by atoms with Crippen molar-refractivity contribution in [1.82, 2.24) is 4.31 Å². The van der Waals surface area contributed by atoms with Gasteiger partial charge in [0.2, 0.25) is 15.9 Å². The topological polar surface area (TPSA) is 99.5 Å². The van der Waals surface area contributed by atoms with E-state index in [2.05, 4.69) is 11.4 Å². The number of anilines is 1. The van der Waals surface area contributed by atoms with Gasteiger partial charge in [-0.15, -0.1) is 0 Å². The number of sulfonamides is 1. The SMILES string of the molecule is COc1ccc(CN(C)S(=O)(=O)c2cc(NC(=O)Cc3ccccc3Cl)cc3ccc(C#N)cc23)cc1. The van der Waals surface area contributed by atoms with Gasteiger partial charge in [0.1, 0.15) is 5.75 Å². The molecule has 37 heavy (non-hydrogen) atoms. The first kappa shape index (κ1) is 26.2. The monoisotopic (exact) mass is 533 g/mol. The standard InChI is InChI=1S/C28H24ClN3O4S/c1-32(18-19-8-11-24(36-2)12-9-19)37(34,35)27-16-23(14-21-10-7-20(17-30)13-25(21)27)31-28(33)15-22-5-3-4-6-26(22)29/h3-14,16H,15,18H2,1-2H3,(H,31,33). The van der Waals surface area contributed by atoms with E-state index < -0.39 is 10.0 Å².